The standard InChI is InChI=1S/C35H30S2/c1-3-30(4-2)36(31-14-8-5-9-15-31)34-24-20-28(21-25-34)29-22-26-35(27-23-29)37(32-16-10-6-11-17-32)33-18-12-7-13-19-33/h3-27H,1H2,2H3/q+2/b30-4+. The summed E-state index contributed by atoms with van der Waals surface area (Å²) in [4.78, 5) is 7.85. The molecule has 0 amide bonds. The highest BCUT2D eigenvalue weighted by Gasteiger charge is 2.29. The van der Waals surface area contributed by atoms with Crippen molar-refractivity contribution >= 4 is 21.8 Å². The molecule has 0 saturated heterocycles. The molecule has 0 heterocycles. The highest BCUT2D eigenvalue weighted by Crippen LogP contribution is 2.34. The molecule has 0 aliphatic rings. The molecule has 0 fully saturated rings. The first-order valence-corrected chi connectivity index (χ1v) is 14.9. The van der Waals surface area contributed by atoms with Crippen LogP contribution in [-0.2, 0) is 21.8 Å². The molecule has 0 aliphatic carbocycles. The van der Waals surface area contributed by atoms with Crippen molar-refractivity contribution in [3.05, 3.63) is 163 Å². The lowest BCUT2D eigenvalue weighted by Gasteiger charge is -2.10. The van der Waals surface area contributed by atoms with Gasteiger partial charge in [-0.2, -0.15) is 0 Å². The van der Waals surface area contributed by atoms with E-state index in [4.69, 9.17) is 0 Å². The summed E-state index contributed by atoms with van der Waals surface area (Å²) in [7, 11) is -0.294. The van der Waals surface area contributed by atoms with Crippen LogP contribution >= 0.6 is 0 Å². The molecule has 0 spiro atoms. The molecule has 180 valence electrons. The SMILES string of the molecule is C=C/C(=C\C)[S+](c1ccccc1)c1ccc(-c2ccc([S+](c3ccccc3)c3ccccc3)cc2)cc1. The second kappa shape index (κ2) is 12.0. The fraction of sp³-hybridized carbons (Fsp3) is 0.0286. The topological polar surface area (TPSA) is 0 Å². The minimum atomic E-state index is -0.162. The number of rotatable bonds is 8. The summed E-state index contributed by atoms with van der Waals surface area (Å²) in [5.41, 5.74) is 2.46. The van der Waals surface area contributed by atoms with Crippen molar-refractivity contribution in [2.45, 2.75) is 31.4 Å². The molecule has 5 aromatic rings. The van der Waals surface area contributed by atoms with Gasteiger partial charge in [-0.1, -0.05) is 61.2 Å². The van der Waals surface area contributed by atoms with Gasteiger partial charge in [-0.25, -0.2) is 0 Å². The summed E-state index contributed by atoms with van der Waals surface area (Å²) >= 11 is 0. The van der Waals surface area contributed by atoms with Crippen molar-refractivity contribution in [2.24, 2.45) is 0 Å². The average molecular weight is 515 g/mol. The molecule has 0 bridgehead atoms. The third-order valence-electron chi connectivity index (χ3n) is 6.17. The van der Waals surface area contributed by atoms with E-state index < -0.39 is 0 Å². The molecule has 5 rings (SSSR count). The smallest absolute Gasteiger partial charge is 0.0941 e. The van der Waals surface area contributed by atoms with Crippen LogP contribution in [0.4, 0.5) is 0 Å². The van der Waals surface area contributed by atoms with Gasteiger partial charge in [0.05, 0.1) is 21.8 Å². The summed E-state index contributed by atoms with van der Waals surface area (Å²) in [6.45, 7) is 6.17. The van der Waals surface area contributed by atoms with E-state index in [0.29, 0.717) is 0 Å². The second-order valence-corrected chi connectivity index (χ2v) is 12.5. The highest BCUT2D eigenvalue weighted by molar-refractivity contribution is 8.00. The van der Waals surface area contributed by atoms with E-state index in [1.165, 1.54) is 40.5 Å². The van der Waals surface area contributed by atoms with E-state index in [1.54, 1.807) is 0 Å². The third-order valence-corrected chi connectivity index (χ3v) is 10.8. The van der Waals surface area contributed by atoms with E-state index in [1.807, 2.05) is 6.08 Å². The summed E-state index contributed by atoms with van der Waals surface area (Å²) in [5, 5.41) is 0. The fourth-order valence-electron chi connectivity index (χ4n) is 4.37. The minimum Gasteiger partial charge on any atom is -0.0941 e. The van der Waals surface area contributed by atoms with Gasteiger partial charge in [0, 0.05) is 0 Å². The minimum absolute atomic E-state index is 0.132. The Balaban J connectivity index is 1.45. The van der Waals surface area contributed by atoms with Gasteiger partial charge in [-0.15, -0.1) is 0 Å². The van der Waals surface area contributed by atoms with Crippen molar-refractivity contribution in [3.8, 4) is 11.1 Å². The van der Waals surface area contributed by atoms with Crippen LogP contribution in [0.15, 0.2) is 188 Å². The molecule has 2 heteroatoms. The van der Waals surface area contributed by atoms with Gasteiger partial charge in [-0.05, 0) is 115 Å². The quantitative estimate of drug-likeness (QED) is 0.143. The average Bonchev–Trinajstić information content (AvgIpc) is 2.98. The predicted octanol–water partition coefficient (Wildman–Crippen LogP) is 9.58. The first-order chi connectivity index (χ1) is 18.3. The Kier molecular flexibility index (Phi) is 8.10. The Morgan fingerprint density at radius 1 is 0.486 bits per heavy atom. The van der Waals surface area contributed by atoms with Gasteiger partial charge in [0.2, 0.25) is 0 Å². The van der Waals surface area contributed by atoms with Gasteiger partial charge in [0.25, 0.3) is 0 Å². The first kappa shape index (κ1) is 25.0. The molecular weight excluding hydrogens is 485 g/mol. The Labute approximate surface area is 226 Å². The molecule has 0 saturated carbocycles. The van der Waals surface area contributed by atoms with Crippen molar-refractivity contribution in [1.29, 1.82) is 0 Å². The molecular formula is C35H30S2+2. The van der Waals surface area contributed by atoms with Crippen LogP contribution in [0.2, 0.25) is 0 Å². The number of hydrogen-bond donors (Lipinski definition) is 0. The number of allylic oxidation sites excluding steroid dienone is 2. The molecule has 1 atom stereocenters. The Morgan fingerprint density at radius 3 is 1.24 bits per heavy atom. The van der Waals surface area contributed by atoms with E-state index >= 15 is 0 Å². The maximum Gasteiger partial charge on any atom is 0.166 e. The molecule has 0 aromatic heterocycles. The van der Waals surface area contributed by atoms with Crippen LogP contribution in [0.3, 0.4) is 0 Å². The lowest BCUT2D eigenvalue weighted by Crippen LogP contribution is -2.05. The van der Waals surface area contributed by atoms with Crippen LogP contribution in [-0.4, -0.2) is 0 Å². The molecule has 0 nitrogen and oxygen atoms in total. The Bertz CT molecular complexity index is 1410. The zero-order valence-corrected chi connectivity index (χ0v) is 22.6. The van der Waals surface area contributed by atoms with Gasteiger partial charge < -0.3 is 0 Å². The third kappa shape index (κ3) is 5.67. The maximum atomic E-state index is 4.07. The molecule has 0 radical (unpaired) electrons. The van der Waals surface area contributed by atoms with E-state index in [-0.39, 0.29) is 21.8 Å². The largest absolute Gasteiger partial charge is 0.166 e. The van der Waals surface area contributed by atoms with Crippen molar-refractivity contribution in [2.75, 3.05) is 0 Å². The van der Waals surface area contributed by atoms with Gasteiger partial charge >= 0.3 is 0 Å². The summed E-state index contributed by atoms with van der Waals surface area (Å²) in [6.07, 6.45) is 4.16. The predicted molar refractivity (Wildman–Crippen MR) is 161 cm³/mol. The molecule has 0 aliphatic heterocycles. The summed E-state index contributed by atoms with van der Waals surface area (Å²) < 4.78 is 0. The summed E-state index contributed by atoms with van der Waals surface area (Å²) in [5.74, 6) is 0. The van der Waals surface area contributed by atoms with Crippen LogP contribution in [0.1, 0.15) is 6.92 Å². The first-order valence-electron chi connectivity index (χ1n) is 12.4. The van der Waals surface area contributed by atoms with Crippen LogP contribution in [0.25, 0.3) is 11.1 Å². The van der Waals surface area contributed by atoms with Crippen LogP contribution < -0.4 is 0 Å². The highest BCUT2D eigenvalue weighted by atomic mass is 32.2. The van der Waals surface area contributed by atoms with Crippen molar-refractivity contribution < 1.29 is 0 Å². The lowest BCUT2D eigenvalue weighted by molar-refractivity contribution is 1.32. The van der Waals surface area contributed by atoms with Crippen molar-refractivity contribution in [1.82, 2.24) is 0 Å². The zero-order chi connectivity index (χ0) is 25.5. The molecule has 5 aromatic carbocycles. The second-order valence-electron chi connectivity index (χ2n) is 8.50. The van der Waals surface area contributed by atoms with E-state index in [0.717, 1.165) is 0 Å². The normalized spacial score (nSPS) is 12.3. The zero-order valence-electron chi connectivity index (χ0n) is 21.0. The number of benzene rings is 5. The van der Waals surface area contributed by atoms with Gasteiger partial charge in [0.1, 0.15) is 0 Å². The summed E-state index contributed by atoms with van der Waals surface area (Å²) in [6, 6.07) is 50.4. The van der Waals surface area contributed by atoms with Gasteiger partial charge in [0.15, 0.2) is 29.4 Å². The Morgan fingerprint density at radius 2 is 0.838 bits per heavy atom. The Hall–Kier alpha value is -3.72. The number of hydrogen-bond acceptors (Lipinski definition) is 0. The van der Waals surface area contributed by atoms with Crippen molar-refractivity contribution in [3.63, 3.8) is 0 Å². The van der Waals surface area contributed by atoms with Crippen LogP contribution in [0, 0.1) is 0 Å². The van der Waals surface area contributed by atoms with Gasteiger partial charge in [-0.3, -0.25) is 0 Å². The maximum absolute atomic E-state index is 4.07. The molecule has 37 heavy (non-hydrogen) atoms. The van der Waals surface area contributed by atoms with E-state index in [2.05, 4.69) is 159 Å². The fourth-order valence-corrected chi connectivity index (χ4v) is 8.51. The van der Waals surface area contributed by atoms with Crippen LogP contribution in [0.5, 0.6) is 0 Å². The molecule has 0 N–H and O–H groups in total. The molecule has 1 unspecified atom stereocenters. The monoisotopic (exact) mass is 514 g/mol. The van der Waals surface area contributed by atoms with E-state index in [9.17, 15) is 0 Å². The lowest BCUT2D eigenvalue weighted by atomic mass is 10.1.